The van der Waals surface area contributed by atoms with Crippen molar-refractivity contribution < 1.29 is 0 Å². The Bertz CT molecular complexity index is 337. The zero-order chi connectivity index (χ0) is 11.6. The number of rotatable bonds is 3. The third kappa shape index (κ3) is 2.26. The van der Waals surface area contributed by atoms with E-state index in [-0.39, 0.29) is 5.54 Å². The van der Waals surface area contributed by atoms with Gasteiger partial charge in [0, 0.05) is 5.92 Å². The highest BCUT2D eigenvalue weighted by Crippen LogP contribution is 2.31. The van der Waals surface area contributed by atoms with E-state index >= 15 is 0 Å². The van der Waals surface area contributed by atoms with Crippen molar-refractivity contribution in [2.45, 2.75) is 57.4 Å². The van der Waals surface area contributed by atoms with Crippen LogP contribution in [0.4, 0.5) is 0 Å². The summed E-state index contributed by atoms with van der Waals surface area (Å²) in [6.07, 6.45) is 6.55. The molecule has 1 aliphatic rings. The van der Waals surface area contributed by atoms with Crippen molar-refractivity contribution >= 4 is 0 Å². The monoisotopic (exact) mass is 222 g/mol. The first-order valence-corrected chi connectivity index (χ1v) is 6.25. The number of hydrogen-bond acceptors (Lipinski definition) is 3. The highest BCUT2D eigenvalue weighted by Gasteiger charge is 2.25. The van der Waals surface area contributed by atoms with E-state index in [9.17, 15) is 0 Å². The van der Waals surface area contributed by atoms with E-state index in [1.165, 1.54) is 32.1 Å². The number of aromatic nitrogens is 3. The van der Waals surface area contributed by atoms with Crippen LogP contribution in [-0.4, -0.2) is 22.2 Å². The highest BCUT2D eigenvalue weighted by molar-refractivity contribution is 5.06. The maximum absolute atomic E-state index is 4.65. The van der Waals surface area contributed by atoms with Crippen LogP contribution in [0.5, 0.6) is 0 Å². The smallest absolute Gasteiger partial charge is 0.170 e. The quantitative estimate of drug-likeness (QED) is 0.825. The van der Waals surface area contributed by atoms with Gasteiger partial charge < -0.3 is 5.32 Å². The Balaban J connectivity index is 2.12. The van der Waals surface area contributed by atoms with Gasteiger partial charge in [0.15, 0.2) is 5.82 Å². The van der Waals surface area contributed by atoms with E-state index in [0.717, 1.165) is 11.6 Å². The fourth-order valence-corrected chi connectivity index (χ4v) is 2.22. The van der Waals surface area contributed by atoms with Gasteiger partial charge in [0.1, 0.15) is 5.82 Å². The molecule has 1 aromatic heterocycles. The molecule has 1 saturated carbocycles. The zero-order valence-electron chi connectivity index (χ0n) is 10.5. The minimum atomic E-state index is -0.149. The molecule has 0 bridgehead atoms. The van der Waals surface area contributed by atoms with Gasteiger partial charge in [-0.25, -0.2) is 4.98 Å². The van der Waals surface area contributed by atoms with Crippen LogP contribution in [0.25, 0.3) is 0 Å². The Hall–Kier alpha value is -0.900. The van der Waals surface area contributed by atoms with Crippen molar-refractivity contribution in [2.24, 2.45) is 0 Å². The maximum Gasteiger partial charge on any atom is 0.170 e. The fourth-order valence-electron chi connectivity index (χ4n) is 2.22. The SMILES string of the molecule is CNC(C)(C)c1n[nH]c(C2CCCCC2)n1. The average Bonchev–Trinajstić information content (AvgIpc) is 2.80. The van der Waals surface area contributed by atoms with Crippen LogP contribution in [0.1, 0.15) is 63.5 Å². The van der Waals surface area contributed by atoms with Crippen molar-refractivity contribution in [3.63, 3.8) is 0 Å². The minimum absolute atomic E-state index is 0.149. The van der Waals surface area contributed by atoms with Gasteiger partial charge in [-0.1, -0.05) is 19.3 Å². The number of nitrogens with one attached hydrogen (secondary N) is 2. The number of nitrogens with zero attached hydrogens (tertiary/aromatic N) is 2. The van der Waals surface area contributed by atoms with Crippen LogP contribution in [0.2, 0.25) is 0 Å². The lowest BCUT2D eigenvalue weighted by Crippen LogP contribution is -2.34. The Kier molecular flexibility index (Phi) is 3.28. The molecule has 16 heavy (non-hydrogen) atoms. The highest BCUT2D eigenvalue weighted by atomic mass is 15.2. The Morgan fingerprint density at radius 1 is 1.25 bits per heavy atom. The molecule has 0 radical (unpaired) electrons. The summed E-state index contributed by atoms with van der Waals surface area (Å²) in [5.41, 5.74) is -0.149. The first-order chi connectivity index (χ1) is 7.63. The van der Waals surface area contributed by atoms with Gasteiger partial charge in [-0.05, 0) is 33.7 Å². The second-order valence-electron chi connectivity index (χ2n) is 5.25. The molecule has 0 aromatic carbocycles. The molecule has 1 heterocycles. The van der Waals surface area contributed by atoms with Gasteiger partial charge in [-0.3, -0.25) is 5.10 Å². The summed E-state index contributed by atoms with van der Waals surface area (Å²) < 4.78 is 0. The fraction of sp³-hybridized carbons (Fsp3) is 0.833. The van der Waals surface area contributed by atoms with Crippen LogP contribution in [0.3, 0.4) is 0 Å². The molecular weight excluding hydrogens is 200 g/mol. The lowest BCUT2D eigenvalue weighted by molar-refractivity contribution is 0.413. The summed E-state index contributed by atoms with van der Waals surface area (Å²) in [4.78, 5) is 4.65. The first-order valence-electron chi connectivity index (χ1n) is 6.25. The van der Waals surface area contributed by atoms with Crippen LogP contribution in [0, 0.1) is 0 Å². The van der Waals surface area contributed by atoms with Crippen molar-refractivity contribution in [1.82, 2.24) is 20.5 Å². The Labute approximate surface area is 97.2 Å². The molecule has 2 rings (SSSR count). The molecule has 0 aliphatic heterocycles. The molecule has 90 valence electrons. The lowest BCUT2D eigenvalue weighted by Gasteiger charge is -2.20. The van der Waals surface area contributed by atoms with E-state index in [2.05, 4.69) is 34.3 Å². The molecule has 0 amide bonds. The topological polar surface area (TPSA) is 53.6 Å². The van der Waals surface area contributed by atoms with E-state index in [4.69, 9.17) is 0 Å². The third-order valence-electron chi connectivity index (χ3n) is 3.68. The Morgan fingerprint density at radius 2 is 1.94 bits per heavy atom. The molecule has 2 N–H and O–H groups in total. The largest absolute Gasteiger partial charge is 0.308 e. The van der Waals surface area contributed by atoms with Crippen molar-refractivity contribution in [2.75, 3.05) is 7.05 Å². The zero-order valence-corrected chi connectivity index (χ0v) is 10.5. The summed E-state index contributed by atoms with van der Waals surface area (Å²) in [7, 11) is 1.94. The van der Waals surface area contributed by atoms with Gasteiger partial charge in [-0.15, -0.1) is 0 Å². The van der Waals surface area contributed by atoms with Gasteiger partial charge in [0.25, 0.3) is 0 Å². The summed E-state index contributed by atoms with van der Waals surface area (Å²) in [6.45, 7) is 4.20. The minimum Gasteiger partial charge on any atom is -0.308 e. The maximum atomic E-state index is 4.65. The summed E-state index contributed by atoms with van der Waals surface area (Å²) in [5.74, 6) is 2.55. The van der Waals surface area contributed by atoms with Gasteiger partial charge in [0.05, 0.1) is 5.54 Å². The van der Waals surface area contributed by atoms with Crippen LogP contribution in [-0.2, 0) is 5.54 Å². The van der Waals surface area contributed by atoms with Crippen LogP contribution >= 0.6 is 0 Å². The molecule has 1 fully saturated rings. The Morgan fingerprint density at radius 3 is 2.56 bits per heavy atom. The summed E-state index contributed by atoms with van der Waals surface area (Å²) in [6, 6.07) is 0. The van der Waals surface area contributed by atoms with Gasteiger partial charge >= 0.3 is 0 Å². The van der Waals surface area contributed by atoms with Crippen molar-refractivity contribution in [1.29, 1.82) is 0 Å². The summed E-state index contributed by atoms with van der Waals surface area (Å²) in [5, 5.41) is 10.7. The average molecular weight is 222 g/mol. The van der Waals surface area contributed by atoms with Crippen LogP contribution in [0.15, 0.2) is 0 Å². The lowest BCUT2D eigenvalue weighted by atomic mass is 9.89. The van der Waals surface area contributed by atoms with Gasteiger partial charge in [-0.2, -0.15) is 5.10 Å². The predicted molar refractivity (Wildman–Crippen MR) is 64.3 cm³/mol. The predicted octanol–water partition coefficient (Wildman–Crippen LogP) is 2.31. The molecule has 0 atom stereocenters. The van der Waals surface area contributed by atoms with E-state index in [1.807, 2.05) is 7.05 Å². The first kappa shape index (κ1) is 11.6. The third-order valence-corrected chi connectivity index (χ3v) is 3.68. The molecule has 4 nitrogen and oxygen atoms in total. The number of hydrogen-bond donors (Lipinski definition) is 2. The standard InChI is InChI=1S/C12H22N4/c1-12(2,13-3)11-14-10(15-16-11)9-7-5-4-6-8-9/h9,13H,4-8H2,1-3H3,(H,14,15,16). The molecule has 0 unspecified atom stereocenters. The van der Waals surface area contributed by atoms with Crippen LogP contribution < -0.4 is 5.32 Å². The van der Waals surface area contributed by atoms with E-state index < -0.39 is 0 Å². The van der Waals surface area contributed by atoms with Crippen molar-refractivity contribution in [3.8, 4) is 0 Å². The van der Waals surface area contributed by atoms with E-state index in [0.29, 0.717) is 5.92 Å². The number of aromatic amines is 1. The number of H-pyrrole nitrogens is 1. The second kappa shape index (κ2) is 4.53. The molecule has 0 spiro atoms. The normalized spacial score (nSPS) is 18.9. The molecule has 1 aromatic rings. The summed E-state index contributed by atoms with van der Waals surface area (Å²) >= 11 is 0. The molecule has 4 heteroatoms. The molecular formula is C12H22N4. The molecule has 1 aliphatic carbocycles. The van der Waals surface area contributed by atoms with Crippen molar-refractivity contribution in [3.05, 3.63) is 11.6 Å². The van der Waals surface area contributed by atoms with E-state index in [1.54, 1.807) is 0 Å². The molecule has 0 saturated heterocycles. The second-order valence-corrected chi connectivity index (χ2v) is 5.25. The van der Waals surface area contributed by atoms with Gasteiger partial charge in [0.2, 0.25) is 0 Å².